The summed E-state index contributed by atoms with van der Waals surface area (Å²) in [6.45, 7) is 6.38. The molecular formula is C15H23N3O2. The number of nitrogens with zero attached hydrogens (tertiary/aromatic N) is 2. The third-order valence-electron chi connectivity index (χ3n) is 4.49. The Kier molecular flexibility index (Phi) is 3.78. The van der Waals surface area contributed by atoms with E-state index in [9.17, 15) is 4.79 Å². The third-order valence-corrected chi connectivity index (χ3v) is 4.49. The van der Waals surface area contributed by atoms with Crippen LogP contribution < -0.4 is 5.32 Å². The van der Waals surface area contributed by atoms with Gasteiger partial charge in [-0.05, 0) is 32.2 Å². The van der Waals surface area contributed by atoms with Crippen molar-refractivity contribution >= 4 is 5.91 Å². The van der Waals surface area contributed by atoms with Crippen molar-refractivity contribution in [3.8, 4) is 0 Å². The average molecular weight is 277 g/mol. The maximum absolute atomic E-state index is 12.2. The zero-order chi connectivity index (χ0) is 14.1. The van der Waals surface area contributed by atoms with E-state index >= 15 is 0 Å². The molecule has 1 aromatic rings. The van der Waals surface area contributed by atoms with Gasteiger partial charge in [-0.25, -0.2) is 0 Å². The van der Waals surface area contributed by atoms with Gasteiger partial charge >= 0.3 is 0 Å². The molecule has 0 saturated carbocycles. The molecular weight excluding hydrogens is 254 g/mol. The quantitative estimate of drug-likeness (QED) is 0.919. The van der Waals surface area contributed by atoms with Crippen molar-refractivity contribution in [2.24, 2.45) is 0 Å². The van der Waals surface area contributed by atoms with Crippen molar-refractivity contribution in [3.05, 3.63) is 17.5 Å². The summed E-state index contributed by atoms with van der Waals surface area (Å²) in [5, 5.41) is 6.98. The minimum atomic E-state index is -0.0999. The van der Waals surface area contributed by atoms with Crippen LogP contribution in [0.15, 0.2) is 10.6 Å². The minimum absolute atomic E-state index is 0.0999. The van der Waals surface area contributed by atoms with E-state index in [1.807, 2.05) is 13.8 Å². The first-order valence-corrected chi connectivity index (χ1v) is 7.65. The van der Waals surface area contributed by atoms with Crippen LogP contribution in [-0.2, 0) is 0 Å². The summed E-state index contributed by atoms with van der Waals surface area (Å²) in [7, 11) is 0. The highest BCUT2D eigenvalue weighted by Gasteiger charge is 2.32. The molecule has 1 aromatic heterocycles. The van der Waals surface area contributed by atoms with Crippen molar-refractivity contribution in [2.75, 3.05) is 13.1 Å². The molecule has 0 spiro atoms. The summed E-state index contributed by atoms with van der Waals surface area (Å²) in [5.41, 5.74) is 0.405. The summed E-state index contributed by atoms with van der Waals surface area (Å²) in [6, 6.07) is 2.70. The normalized spacial score (nSPS) is 26.8. The Morgan fingerprint density at radius 2 is 2.30 bits per heavy atom. The molecule has 2 saturated heterocycles. The number of hydrogen-bond acceptors (Lipinski definition) is 4. The lowest BCUT2D eigenvalue weighted by atomic mass is 9.97. The number of fused-ring (bicyclic) bond motifs is 1. The Hall–Kier alpha value is -1.36. The number of carbonyl (C=O) groups excluding carboxylic acids is 1. The number of nitrogens with one attached hydrogen (secondary N) is 1. The molecule has 1 amide bonds. The lowest BCUT2D eigenvalue weighted by Crippen LogP contribution is -2.47. The Balaban J connectivity index is 1.58. The predicted octanol–water partition coefficient (Wildman–Crippen LogP) is 2.15. The summed E-state index contributed by atoms with van der Waals surface area (Å²) >= 11 is 0. The number of hydrogen-bond donors (Lipinski definition) is 1. The summed E-state index contributed by atoms with van der Waals surface area (Å²) in [4.78, 5) is 14.7. The van der Waals surface area contributed by atoms with Crippen molar-refractivity contribution in [1.82, 2.24) is 15.4 Å². The highest BCUT2D eigenvalue weighted by atomic mass is 16.5. The predicted molar refractivity (Wildman–Crippen MR) is 75.7 cm³/mol. The van der Waals surface area contributed by atoms with Gasteiger partial charge in [-0.3, -0.25) is 4.79 Å². The molecule has 3 rings (SSSR count). The fraction of sp³-hybridized carbons (Fsp3) is 0.733. The molecule has 0 bridgehead atoms. The molecule has 2 aliphatic rings. The van der Waals surface area contributed by atoms with Crippen LogP contribution in [0.3, 0.4) is 0 Å². The first-order chi connectivity index (χ1) is 9.63. The van der Waals surface area contributed by atoms with Crippen LogP contribution in [0, 0.1) is 0 Å². The van der Waals surface area contributed by atoms with Crippen LogP contribution in [0.2, 0.25) is 0 Å². The SMILES string of the molecule is CC(C)c1cc(C(=O)N[C@H]2CCN3CCC[C@H]3C2)no1. The molecule has 2 fully saturated rings. The van der Waals surface area contributed by atoms with E-state index in [1.54, 1.807) is 6.07 Å². The molecule has 20 heavy (non-hydrogen) atoms. The van der Waals surface area contributed by atoms with Gasteiger partial charge in [0.25, 0.3) is 5.91 Å². The van der Waals surface area contributed by atoms with E-state index in [0.29, 0.717) is 11.7 Å². The van der Waals surface area contributed by atoms with Gasteiger partial charge in [-0.2, -0.15) is 0 Å². The van der Waals surface area contributed by atoms with Gasteiger partial charge in [-0.15, -0.1) is 0 Å². The van der Waals surface area contributed by atoms with Crippen LogP contribution in [0.5, 0.6) is 0 Å². The van der Waals surface area contributed by atoms with Gasteiger partial charge in [0.05, 0.1) is 0 Å². The maximum Gasteiger partial charge on any atom is 0.273 e. The molecule has 2 aliphatic heterocycles. The van der Waals surface area contributed by atoms with Gasteiger partial charge in [-0.1, -0.05) is 19.0 Å². The van der Waals surface area contributed by atoms with Crippen molar-refractivity contribution in [3.63, 3.8) is 0 Å². The number of rotatable bonds is 3. The second-order valence-electron chi connectivity index (χ2n) is 6.30. The Bertz CT molecular complexity index is 483. The maximum atomic E-state index is 12.2. The third kappa shape index (κ3) is 2.73. The average Bonchev–Trinajstić information content (AvgIpc) is 3.07. The van der Waals surface area contributed by atoms with Crippen LogP contribution in [0.4, 0.5) is 0 Å². The van der Waals surface area contributed by atoms with Crippen molar-refractivity contribution in [1.29, 1.82) is 0 Å². The first-order valence-electron chi connectivity index (χ1n) is 7.65. The molecule has 2 atom stereocenters. The number of amides is 1. The van der Waals surface area contributed by atoms with Crippen LogP contribution in [-0.4, -0.2) is 41.1 Å². The van der Waals surface area contributed by atoms with Crippen molar-refractivity contribution in [2.45, 2.75) is 57.5 Å². The molecule has 5 heteroatoms. The zero-order valence-corrected chi connectivity index (χ0v) is 12.3. The topological polar surface area (TPSA) is 58.4 Å². The molecule has 110 valence electrons. The zero-order valence-electron chi connectivity index (χ0n) is 12.3. The Morgan fingerprint density at radius 1 is 1.45 bits per heavy atom. The van der Waals surface area contributed by atoms with Crippen LogP contribution >= 0.6 is 0 Å². The minimum Gasteiger partial charge on any atom is -0.360 e. The van der Waals surface area contributed by atoms with Crippen molar-refractivity contribution < 1.29 is 9.32 Å². The molecule has 0 aliphatic carbocycles. The van der Waals surface area contributed by atoms with Crippen LogP contribution in [0.25, 0.3) is 0 Å². The highest BCUT2D eigenvalue weighted by molar-refractivity contribution is 5.92. The Morgan fingerprint density at radius 3 is 3.05 bits per heavy atom. The second-order valence-corrected chi connectivity index (χ2v) is 6.30. The van der Waals surface area contributed by atoms with Gasteiger partial charge in [0.15, 0.2) is 5.69 Å². The van der Waals surface area contributed by atoms with E-state index in [2.05, 4.69) is 15.4 Å². The van der Waals surface area contributed by atoms with Gasteiger partial charge in [0.1, 0.15) is 5.76 Å². The van der Waals surface area contributed by atoms with E-state index in [1.165, 1.54) is 19.4 Å². The number of piperidine rings is 1. The summed E-state index contributed by atoms with van der Waals surface area (Å²) in [6.07, 6.45) is 4.68. The molecule has 0 aromatic carbocycles. The smallest absolute Gasteiger partial charge is 0.273 e. The molecule has 3 heterocycles. The second kappa shape index (κ2) is 5.56. The monoisotopic (exact) mass is 277 g/mol. The largest absolute Gasteiger partial charge is 0.360 e. The standard InChI is InChI=1S/C15H23N3O2/c1-10(2)14-9-13(17-20-14)15(19)16-11-5-7-18-6-3-4-12(18)8-11/h9-12H,3-8H2,1-2H3,(H,16,19)/t11-,12-/m0/s1. The highest BCUT2D eigenvalue weighted by Crippen LogP contribution is 2.27. The lowest BCUT2D eigenvalue weighted by molar-refractivity contribution is 0.0887. The van der Waals surface area contributed by atoms with Crippen LogP contribution in [0.1, 0.15) is 61.7 Å². The van der Waals surface area contributed by atoms with E-state index in [-0.39, 0.29) is 17.9 Å². The molecule has 1 N–H and O–H groups in total. The lowest BCUT2D eigenvalue weighted by Gasteiger charge is -2.34. The fourth-order valence-electron chi connectivity index (χ4n) is 3.28. The van der Waals surface area contributed by atoms with Gasteiger partial charge < -0.3 is 14.7 Å². The Labute approximate surface area is 119 Å². The van der Waals surface area contributed by atoms with E-state index in [0.717, 1.165) is 25.1 Å². The fourth-order valence-corrected chi connectivity index (χ4v) is 3.28. The molecule has 5 nitrogen and oxygen atoms in total. The number of carbonyl (C=O) groups is 1. The molecule has 0 unspecified atom stereocenters. The first kappa shape index (κ1) is 13.6. The summed E-state index contributed by atoms with van der Waals surface area (Å²) in [5.74, 6) is 0.920. The molecule has 0 radical (unpaired) electrons. The van der Waals surface area contributed by atoms with Gasteiger partial charge in [0, 0.05) is 30.6 Å². The van der Waals surface area contributed by atoms with E-state index in [4.69, 9.17) is 4.52 Å². The van der Waals surface area contributed by atoms with Gasteiger partial charge in [0.2, 0.25) is 0 Å². The number of aromatic nitrogens is 1. The van der Waals surface area contributed by atoms with E-state index < -0.39 is 0 Å². The summed E-state index contributed by atoms with van der Waals surface area (Å²) < 4.78 is 5.19.